The molecule has 0 saturated carbocycles. The van der Waals surface area contributed by atoms with Crippen LogP contribution in [-0.4, -0.2) is 19.7 Å². The minimum atomic E-state index is 0.465. The summed E-state index contributed by atoms with van der Waals surface area (Å²) in [6.45, 7) is 2.79. The highest BCUT2D eigenvalue weighted by Crippen LogP contribution is 2.32. The van der Waals surface area contributed by atoms with Gasteiger partial charge in [0.2, 0.25) is 0 Å². The van der Waals surface area contributed by atoms with Crippen molar-refractivity contribution in [3.05, 3.63) is 53.9 Å². The van der Waals surface area contributed by atoms with Crippen molar-refractivity contribution in [2.45, 2.75) is 25.8 Å². The number of aromatic nitrogens is 4. The molecule has 0 spiro atoms. The van der Waals surface area contributed by atoms with Gasteiger partial charge in [-0.3, -0.25) is 0 Å². The van der Waals surface area contributed by atoms with Crippen LogP contribution in [0.25, 0.3) is 11.5 Å². The fourth-order valence-electron chi connectivity index (χ4n) is 2.83. The molecule has 0 fully saturated rings. The van der Waals surface area contributed by atoms with Gasteiger partial charge in [0.15, 0.2) is 12.2 Å². The minimum absolute atomic E-state index is 0.465. The number of benzene rings is 1. The lowest BCUT2D eigenvalue weighted by molar-refractivity contribution is 0.527. The Balaban J connectivity index is 1.70. The van der Waals surface area contributed by atoms with E-state index in [1.54, 1.807) is 0 Å². The molecule has 0 radical (unpaired) electrons. The lowest BCUT2D eigenvalue weighted by Crippen LogP contribution is -2.03. The Morgan fingerprint density at radius 1 is 1.20 bits per heavy atom. The van der Waals surface area contributed by atoms with Crippen molar-refractivity contribution >= 4 is 0 Å². The second kappa shape index (κ2) is 4.30. The molecular formula is C15H14N4O. The SMILES string of the molecule is Cc1ocnc1-c1nnc2n1CC(c1ccccc1)C2. The molecule has 20 heavy (non-hydrogen) atoms. The summed E-state index contributed by atoms with van der Waals surface area (Å²) in [6.07, 6.45) is 2.38. The van der Waals surface area contributed by atoms with Gasteiger partial charge in [-0.25, -0.2) is 4.98 Å². The van der Waals surface area contributed by atoms with Crippen molar-refractivity contribution in [2.24, 2.45) is 0 Å². The predicted molar refractivity (Wildman–Crippen MR) is 73.1 cm³/mol. The molecule has 4 rings (SSSR count). The zero-order valence-corrected chi connectivity index (χ0v) is 11.2. The first-order valence-corrected chi connectivity index (χ1v) is 6.70. The molecule has 0 aliphatic carbocycles. The second-order valence-electron chi connectivity index (χ2n) is 5.12. The molecule has 100 valence electrons. The van der Waals surface area contributed by atoms with Crippen LogP contribution < -0.4 is 0 Å². The number of nitrogens with zero attached hydrogens (tertiary/aromatic N) is 4. The van der Waals surface area contributed by atoms with Crippen molar-refractivity contribution in [1.82, 2.24) is 19.7 Å². The maximum atomic E-state index is 5.27. The van der Waals surface area contributed by atoms with Crippen LogP contribution in [0.3, 0.4) is 0 Å². The van der Waals surface area contributed by atoms with Crippen LogP contribution in [0.2, 0.25) is 0 Å². The number of hydrogen-bond donors (Lipinski definition) is 0. The van der Waals surface area contributed by atoms with E-state index in [-0.39, 0.29) is 0 Å². The molecule has 1 aromatic carbocycles. The Morgan fingerprint density at radius 2 is 2.05 bits per heavy atom. The topological polar surface area (TPSA) is 56.7 Å². The van der Waals surface area contributed by atoms with Gasteiger partial charge in [0.05, 0.1) is 0 Å². The maximum Gasteiger partial charge on any atom is 0.186 e. The molecule has 3 heterocycles. The standard InChI is InChI=1S/C15H14N4O/c1-10-14(16-9-20-10)15-18-17-13-7-12(8-19(13)15)11-5-3-2-4-6-11/h2-6,9,12H,7-8H2,1H3. The van der Waals surface area contributed by atoms with E-state index >= 15 is 0 Å². The van der Waals surface area contributed by atoms with Crippen molar-refractivity contribution in [3.8, 4) is 11.5 Å². The van der Waals surface area contributed by atoms with Crippen molar-refractivity contribution in [3.63, 3.8) is 0 Å². The first-order chi connectivity index (χ1) is 9.83. The molecular weight excluding hydrogens is 252 g/mol. The molecule has 5 nitrogen and oxygen atoms in total. The third-order valence-electron chi connectivity index (χ3n) is 3.89. The quantitative estimate of drug-likeness (QED) is 0.715. The third kappa shape index (κ3) is 1.66. The van der Waals surface area contributed by atoms with Crippen LogP contribution in [0.5, 0.6) is 0 Å². The molecule has 0 N–H and O–H groups in total. The Kier molecular flexibility index (Phi) is 2.45. The largest absolute Gasteiger partial charge is 0.448 e. The van der Waals surface area contributed by atoms with Crippen molar-refractivity contribution in [1.29, 1.82) is 0 Å². The van der Waals surface area contributed by atoms with Gasteiger partial charge in [0.1, 0.15) is 17.3 Å². The Bertz CT molecular complexity index is 744. The Hall–Kier alpha value is -2.43. The zero-order valence-electron chi connectivity index (χ0n) is 11.2. The van der Waals surface area contributed by atoms with Crippen LogP contribution >= 0.6 is 0 Å². The molecule has 1 aliphatic rings. The molecule has 1 atom stereocenters. The zero-order chi connectivity index (χ0) is 13.5. The summed E-state index contributed by atoms with van der Waals surface area (Å²) in [7, 11) is 0. The second-order valence-corrected chi connectivity index (χ2v) is 5.12. The molecule has 1 aliphatic heterocycles. The predicted octanol–water partition coefficient (Wildman–Crippen LogP) is 2.58. The van der Waals surface area contributed by atoms with Crippen LogP contribution in [0.4, 0.5) is 0 Å². The van der Waals surface area contributed by atoms with Gasteiger partial charge in [-0.2, -0.15) is 0 Å². The van der Waals surface area contributed by atoms with E-state index < -0.39 is 0 Å². The van der Waals surface area contributed by atoms with Crippen LogP contribution in [-0.2, 0) is 13.0 Å². The first kappa shape index (κ1) is 11.4. The Morgan fingerprint density at radius 3 is 2.80 bits per heavy atom. The summed E-state index contributed by atoms with van der Waals surface area (Å²) >= 11 is 0. The van der Waals surface area contributed by atoms with Crippen molar-refractivity contribution in [2.75, 3.05) is 0 Å². The van der Waals surface area contributed by atoms with Gasteiger partial charge in [0.25, 0.3) is 0 Å². The molecule has 0 amide bonds. The summed E-state index contributed by atoms with van der Waals surface area (Å²) in [5.41, 5.74) is 2.14. The summed E-state index contributed by atoms with van der Waals surface area (Å²) in [6, 6.07) is 10.6. The molecule has 0 bridgehead atoms. The highest BCUT2D eigenvalue weighted by atomic mass is 16.3. The van der Waals surface area contributed by atoms with Crippen molar-refractivity contribution < 1.29 is 4.42 Å². The molecule has 0 saturated heterocycles. The number of hydrogen-bond acceptors (Lipinski definition) is 4. The van der Waals surface area contributed by atoms with Gasteiger partial charge >= 0.3 is 0 Å². The average molecular weight is 266 g/mol. The minimum Gasteiger partial charge on any atom is -0.448 e. The fourth-order valence-corrected chi connectivity index (χ4v) is 2.83. The van der Waals surface area contributed by atoms with E-state index in [0.717, 1.165) is 36.1 Å². The summed E-state index contributed by atoms with van der Waals surface area (Å²) in [4.78, 5) is 4.24. The number of rotatable bonds is 2. The molecule has 2 aromatic heterocycles. The van der Waals surface area contributed by atoms with E-state index in [1.165, 1.54) is 12.0 Å². The van der Waals surface area contributed by atoms with Crippen LogP contribution in [0, 0.1) is 6.92 Å². The van der Waals surface area contributed by atoms with E-state index in [4.69, 9.17) is 4.42 Å². The smallest absolute Gasteiger partial charge is 0.186 e. The van der Waals surface area contributed by atoms with Crippen LogP contribution in [0.15, 0.2) is 41.1 Å². The lowest BCUT2D eigenvalue weighted by Gasteiger charge is -2.09. The number of oxazole rings is 1. The summed E-state index contributed by atoms with van der Waals surface area (Å²) < 4.78 is 7.42. The maximum absolute atomic E-state index is 5.27. The van der Waals surface area contributed by atoms with Gasteiger partial charge < -0.3 is 8.98 Å². The van der Waals surface area contributed by atoms with E-state index in [2.05, 4.69) is 44.0 Å². The van der Waals surface area contributed by atoms with Gasteiger partial charge in [-0.05, 0) is 12.5 Å². The van der Waals surface area contributed by atoms with E-state index in [0.29, 0.717) is 5.92 Å². The van der Waals surface area contributed by atoms with E-state index in [9.17, 15) is 0 Å². The fraction of sp³-hybridized carbons (Fsp3) is 0.267. The highest BCUT2D eigenvalue weighted by molar-refractivity contribution is 5.52. The van der Waals surface area contributed by atoms with Gasteiger partial charge in [-0.15, -0.1) is 10.2 Å². The monoisotopic (exact) mass is 266 g/mol. The van der Waals surface area contributed by atoms with Gasteiger partial charge in [-0.1, -0.05) is 30.3 Å². The number of fused-ring (bicyclic) bond motifs is 1. The van der Waals surface area contributed by atoms with Gasteiger partial charge in [0, 0.05) is 18.9 Å². The lowest BCUT2D eigenvalue weighted by atomic mass is 9.98. The van der Waals surface area contributed by atoms with Crippen LogP contribution in [0.1, 0.15) is 23.1 Å². The summed E-state index contributed by atoms with van der Waals surface area (Å²) in [5.74, 6) is 3.08. The highest BCUT2D eigenvalue weighted by Gasteiger charge is 2.28. The van der Waals surface area contributed by atoms with E-state index in [1.807, 2.05) is 13.0 Å². The first-order valence-electron chi connectivity index (χ1n) is 6.70. The normalized spacial score (nSPS) is 17.4. The molecule has 1 unspecified atom stereocenters. The molecule has 5 heteroatoms. The summed E-state index contributed by atoms with van der Waals surface area (Å²) in [5, 5.41) is 8.56. The average Bonchev–Trinajstić information content (AvgIpc) is 3.15. The molecule has 3 aromatic rings. The number of aryl methyl sites for hydroxylation is 1. The third-order valence-corrected chi connectivity index (χ3v) is 3.89. The Labute approximate surface area is 116 Å².